The number of hydrogen-bond donors (Lipinski definition) is 0. The number of halogens is 2. The average Bonchev–Trinajstić information content (AvgIpc) is 3.04. The van der Waals surface area contributed by atoms with E-state index in [1.54, 1.807) is 48.5 Å². The normalized spacial score (nSPS) is 14.8. The number of esters is 1. The van der Waals surface area contributed by atoms with E-state index in [-0.39, 0.29) is 33.0 Å². The average molecular weight is 529 g/mol. The Morgan fingerprint density at radius 3 is 2.50 bits per heavy atom. The van der Waals surface area contributed by atoms with Gasteiger partial charge in [-0.15, -0.1) is 0 Å². The van der Waals surface area contributed by atoms with Gasteiger partial charge in [0.05, 0.1) is 22.0 Å². The Morgan fingerprint density at radius 2 is 1.75 bits per heavy atom. The van der Waals surface area contributed by atoms with Gasteiger partial charge in [-0.25, -0.2) is 4.79 Å². The van der Waals surface area contributed by atoms with Crippen LogP contribution in [-0.2, 0) is 11.3 Å². The Hall–Kier alpha value is -2.87. The van der Waals surface area contributed by atoms with Crippen LogP contribution < -0.4 is 4.74 Å². The lowest BCUT2D eigenvalue weighted by atomic mass is 10.1. The number of amides is 2. The number of rotatable bonds is 5. The van der Waals surface area contributed by atoms with Crippen molar-refractivity contribution >= 4 is 62.5 Å². The van der Waals surface area contributed by atoms with Gasteiger partial charge < -0.3 is 4.74 Å². The largest absolute Gasteiger partial charge is 0.422 e. The molecule has 1 saturated heterocycles. The number of carbonyl (C=O) groups is 3. The van der Waals surface area contributed by atoms with Crippen molar-refractivity contribution in [1.29, 1.82) is 0 Å². The molecule has 2 amide bonds. The lowest BCUT2D eigenvalue weighted by molar-refractivity contribution is -0.123. The van der Waals surface area contributed by atoms with Gasteiger partial charge in [-0.05, 0) is 53.7 Å². The van der Waals surface area contributed by atoms with E-state index in [0.717, 1.165) is 21.8 Å². The van der Waals surface area contributed by atoms with E-state index < -0.39 is 11.9 Å². The molecule has 1 heterocycles. The van der Waals surface area contributed by atoms with E-state index in [9.17, 15) is 14.4 Å². The summed E-state index contributed by atoms with van der Waals surface area (Å²) in [5.41, 5.74) is 1.56. The van der Waals surface area contributed by atoms with Crippen LogP contribution in [0.15, 0.2) is 82.2 Å². The third kappa shape index (κ3) is 4.96. The molecular weight excluding hydrogens is 514 g/mol. The van der Waals surface area contributed by atoms with Gasteiger partial charge in [-0.3, -0.25) is 14.5 Å². The maximum atomic E-state index is 12.9. The number of thioether (sulfide) groups is 1. The fraction of sp³-hybridized carbons (Fsp3) is 0.0417. The molecule has 0 bridgehead atoms. The van der Waals surface area contributed by atoms with E-state index >= 15 is 0 Å². The van der Waals surface area contributed by atoms with Crippen LogP contribution in [0.1, 0.15) is 21.5 Å². The van der Waals surface area contributed by atoms with Gasteiger partial charge in [0, 0.05) is 10.0 Å². The smallest absolute Gasteiger partial charge is 0.345 e. The SMILES string of the molecule is O=C(Oc1ccc(Br)cc1/C=C1\SC(=O)N(Cc2ccccc2)C1=O)c1ccccc1Cl. The molecule has 8 heteroatoms. The molecule has 3 aromatic rings. The second kappa shape index (κ2) is 9.73. The number of imide groups is 1. The molecule has 4 rings (SSSR count). The van der Waals surface area contributed by atoms with E-state index in [4.69, 9.17) is 16.3 Å². The minimum absolute atomic E-state index is 0.190. The highest BCUT2D eigenvalue weighted by molar-refractivity contribution is 9.10. The summed E-state index contributed by atoms with van der Waals surface area (Å²) in [4.78, 5) is 39.4. The van der Waals surface area contributed by atoms with E-state index in [1.165, 1.54) is 4.90 Å². The number of carbonyl (C=O) groups excluding carboxylic acids is 3. The highest BCUT2D eigenvalue weighted by Gasteiger charge is 2.35. The monoisotopic (exact) mass is 527 g/mol. The number of hydrogen-bond acceptors (Lipinski definition) is 5. The van der Waals surface area contributed by atoms with Gasteiger partial charge in [-0.2, -0.15) is 0 Å². The highest BCUT2D eigenvalue weighted by atomic mass is 79.9. The van der Waals surface area contributed by atoms with Gasteiger partial charge in [0.1, 0.15) is 5.75 Å². The van der Waals surface area contributed by atoms with Crippen LogP contribution in [0.25, 0.3) is 6.08 Å². The van der Waals surface area contributed by atoms with E-state index in [1.807, 2.05) is 30.3 Å². The molecule has 0 saturated carbocycles. The molecule has 3 aromatic carbocycles. The summed E-state index contributed by atoms with van der Waals surface area (Å²) in [6.07, 6.45) is 1.55. The molecule has 0 N–H and O–H groups in total. The van der Waals surface area contributed by atoms with Crippen molar-refractivity contribution in [2.45, 2.75) is 6.54 Å². The van der Waals surface area contributed by atoms with Crippen molar-refractivity contribution in [3.8, 4) is 5.75 Å². The summed E-state index contributed by atoms with van der Waals surface area (Å²) < 4.78 is 6.28. The number of nitrogens with zero attached hydrogens (tertiary/aromatic N) is 1. The van der Waals surface area contributed by atoms with Gasteiger partial charge in [0.25, 0.3) is 11.1 Å². The third-order valence-corrected chi connectivity index (χ3v) is 6.34. The lowest BCUT2D eigenvalue weighted by Crippen LogP contribution is -2.27. The van der Waals surface area contributed by atoms with E-state index in [0.29, 0.717) is 5.56 Å². The molecule has 0 aliphatic carbocycles. The van der Waals surface area contributed by atoms with Crippen LogP contribution in [0.3, 0.4) is 0 Å². The van der Waals surface area contributed by atoms with Crippen LogP contribution in [0, 0.1) is 0 Å². The Kier molecular flexibility index (Phi) is 6.79. The summed E-state index contributed by atoms with van der Waals surface area (Å²) >= 11 is 10.3. The fourth-order valence-electron chi connectivity index (χ4n) is 3.05. The second-order valence-corrected chi connectivity index (χ2v) is 9.12. The standard InChI is InChI=1S/C24H15BrClNO4S/c25-17-10-11-20(31-23(29)18-8-4-5-9-19(18)26)16(12-17)13-21-22(28)27(24(30)32-21)14-15-6-2-1-3-7-15/h1-13H,14H2/b21-13-. The number of benzene rings is 3. The zero-order valence-electron chi connectivity index (χ0n) is 16.5. The first-order valence-corrected chi connectivity index (χ1v) is 11.5. The van der Waals surface area contributed by atoms with Crippen molar-refractivity contribution in [2.75, 3.05) is 0 Å². The summed E-state index contributed by atoms with van der Waals surface area (Å²) in [5, 5.41) is -0.0760. The molecule has 0 aromatic heterocycles. The van der Waals surface area contributed by atoms with Gasteiger partial charge in [0.15, 0.2) is 0 Å². The molecule has 160 valence electrons. The molecule has 0 atom stereocenters. The van der Waals surface area contributed by atoms with Crippen LogP contribution >= 0.6 is 39.3 Å². The zero-order valence-corrected chi connectivity index (χ0v) is 19.6. The van der Waals surface area contributed by atoms with Crippen molar-refractivity contribution < 1.29 is 19.1 Å². The second-order valence-electron chi connectivity index (χ2n) is 6.80. The zero-order chi connectivity index (χ0) is 22.7. The van der Waals surface area contributed by atoms with Crippen LogP contribution in [0.2, 0.25) is 5.02 Å². The van der Waals surface area contributed by atoms with Crippen molar-refractivity contribution in [2.24, 2.45) is 0 Å². The van der Waals surface area contributed by atoms with Crippen molar-refractivity contribution in [3.05, 3.63) is 104 Å². The van der Waals surface area contributed by atoms with Gasteiger partial charge in [-0.1, -0.05) is 70.0 Å². The van der Waals surface area contributed by atoms with Crippen LogP contribution in [-0.4, -0.2) is 22.0 Å². The molecule has 0 unspecified atom stereocenters. The Balaban J connectivity index is 1.60. The molecule has 0 radical (unpaired) electrons. The summed E-state index contributed by atoms with van der Waals surface area (Å²) in [5.74, 6) is -0.773. The quantitative estimate of drug-likeness (QED) is 0.213. The Labute approximate surface area is 202 Å². The summed E-state index contributed by atoms with van der Waals surface area (Å²) in [7, 11) is 0. The minimum atomic E-state index is -0.621. The summed E-state index contributed by atoms with van der Waals surface area (Å²) in [6.45, 7) is 0.190. The lowest BCUT2D eigenvalue weighted by Gasteiger charge is -2.12. The predicted octanol–water partition coefficient (Wildman–Crippen LogP) is 6.56. The van der Waals surface area contributed by atoms with Crippen molar-refractivity contribution in [1.82, 2.24) is 4.90 Å². The first kappa shape index (κ1) is 22.3. The molecule has 0 spiro atoms. The first-order chi connectivity index (χ1) is 15.4. The maximum Gasteiger partial charge on any atom is 0.345 e. The fourth-order valence-corrected chi connectivity index (χ4v) is 4.47. The Morgan fingerprint density at radius 1 is 1.03 bits per heavy atom. The Bertz CT molecular complexity index is 1250. The van der Waals surface area contributed by atoms with E-state index in [2.05, 4.69) is 15.9 Å². The molecule has 5 nitrogen and oxygen atoms in total. The predicted molar refractivity (Wildman–Crippen MR) is 129 cm³/mol. The number of ether oxygens (including phenoxy) is 1. The first-order valence-electron chi connectivity index (χ1n) is 9.48. The molecule has 1 aliphatic heterocycles. The molecule has 32 heavy (non-hydrogen) atoms. The molecular formula is C24H15BrClNO4S. The van der Waals surface area contributed by atoms with Gasteiger partial charge in [0.2, 0.25) is 0 Å². The molecule has 1 aliphatic rings. The highest BCUT2D eigenvalue weighted by Crippen LogP contribution is 2.36. The third-order valence-electron chi connectivity index (χ3n) is 4.61. The minimum Gasteiger partial charge on any atom is -0.422 e. The maximum absolute atomic E-state index is 12.9. The van der Waals surface area contributed by atoms with Crippen molar-refractivity contribution in [3.63, 3.8) is 0 Å². The summed E-state index contributed by atoms with van der Waals surface area (Å²) in [6, 6.07) is 20.9. The van der Waals surface area contributed by atoms with Crippen LogP contribution in [0.5, 0.6) is 5.75 Å². The van der Waals surface area contributed by atoms with Gasteiger partial charge >= 0.3 is 5.97 Å². The topological polar surface area (TPSA) is 63.7 Å². The van der Waals surface area contributed by atoms with Crippen LogP contribution in [0.4, 0.5) is 4.79 Å². The molecule has 1 fully saturated rings.